The average molecular weight is 490 g/mol. The molecule has 5 rings (SSSR count). The summed E-state index contributed by atoms with van der Waals surface area (Å²) in [7, 11) is 0. The van der Waals surface area contributed by atoms with Crippen LogP contribution in [0.5, 0.6) is 5.75 Å². The van der Waals surface area contributed by atoms with Gasteiger partial charge in [0.15, 0.2) is 0 Å². The smallest absolute Gasteiger partial charge is 0.224 e. The summed E-state index contributed by atoms with van der Waals surface area (Å²) in [4.78, 5) is 17.5. The van der Waals surface area contributed by atoms with Crippen LogP contribution < -0.4 is 10.1 Å². The number of aryl methyl sites for hydroxylation is 2. The van der Waals surface area contributed by atoms with E-state index in [1.807, 2.05) is 60.7 Å². The third-order valence-corrected chi connectivity index (χ3v) is 6.42. The first kappa shape index (κ1) is 24.3. The number of carbonyl (C=O) groups is 1. The van der Waals surface area contributed by atoms with Gasteiger partial charge < -0.3 is 14.6 Å². The monoisotopic (exact) mass is 489 g/mol. The number of rotatable bonds is 10. The van der Waals surface area contributed by atoms with E-state index in [1.54, 1.807) is 0 Å². The fourth-order valence-corrected chi connectivity index (χ4v) is 4.43. The second kappa shape index (κ2) is 11.6. The minimum absolute atomic E-state index is 0.0197. The van der Waals surface area contributed by atoms with E-state index in [0.717, 1.165) is 46.7 Å². The minimum Gasteiger partial charge on any atom is -0.494 e. The molecule has 1 aromatic heterocycles. The van der Waals surface area contributed by atoms with E-state index in [9.17, 15) is 4.79 Å². The largest absolute Gasteiger partial charge is 0.494 e. The molecule has 0 aliphatic carbocycles. The molecule has 0 aliphatic heterocycles. The Kier molecular flexibility index (Phi) is 7.60. The number of aromatic nitrogens is 2. The van der Waals surface area contributed by atoms with Gasteiger partial charge in [0.1, 0.15) is 11.6 Å². The number of nitrogens with zero attached hydrogens (tertiary/aromatic N) is 2. The van der Waals surface area contributed by atoms with Gasteiger partial charge in [-0.3, -0.25) is 4.79 Å². The predicted octanol–water partition coefficient (Wildman–Crippen LogP) is 6.34. The molecule has 0 unspecified atom stereocenters. The molecule has 186 valence electrons. The van der Waals surface area contributed by atoms with E-state index in [2.05, 4.69) is 59.3 Å². The van der Waals surface area contributed by atoms with Crippen molar-refractivity contribution in [1.82, 2.24) is 14.9 Å². The number of carbonyl (C=O) groups excluding carboxylic acids is 1. The lowest BCUT2D eigenvalue weighted by Crippen LogP contribution is -2.26. The third kappa shape index (κ3) is 6.25. The molecule has 0 spiro atoms. The Morgan fingerprint density at radius 1 is 0.838 bits per heavy atom. The summed E-state index contributed by atoms with van der Waals surface area (Å²) >= 11 is 0. The molecule has 5 heteroatoms. The normalized spacial score (nSPS) is 10.9. The quantitative estimate of drug-likeness (QED) is 0.233. The molecule has 5 nitrogen and oxygen atoms in total. The number of para-hydroxylation sites is 2. The van der Waals surface area contributed by atoms with Gasteiger partial charge in [0.2, 0.25) is 5.91 Å². The molecule has 0 bridgehead atoms. The molecule has 5 aromatic rings. The van der Waals surface area contributed by atoms with Crippen LogP contribution in [0.2, 0.25) is 0 Å². The van der Waals surface area contributed by atoms with Crippen molar-refractivity contribution >= 4 is 16.9 Å². The van der Waals surface area contributed by atoms with Crippen LogP contribution in [0.3, 0.4) is 0 Å². The maximum absolute atomic E-state index is 12.7. The molecule has 0 fully saturated rings. The first-order valence-electron chi connectivity index (χ1n) is 12.7. The fraction of sp³-hybridized carbons (Fsp3) is 0.188. The van der Waals surface area contributed by atoms with E-state index in [-0.39, 0.29) is 5.91 Å². The third-order valence-electron chi connectivity index (χ3n) is 6.42. The molecule has 4 aromatic carbocycles. The molecule has 1 amide bonds. The molecule has 0 saturated carbocycles. The predicted molar refractivity (Wildman–Crippen MR) is 148 cm³/mol. The molecule has 0 saturated heterocycles. The lowest BCUT2D eigenvalue weighted by atomic mass is 10.0. The Hall–Kier alpha value is -4.38. The lowest BCUT2D eigenvalue weighted by Gasteiger charge is -2.11. The van der Waals surface area contributed by atoms with Gasteiger partial charge >= 0.3 is 0 Å². The van der Waals surface area contributed by atoms with Crippen molar-refractivity contribution in [2.45, 2.75) is 32.9 Å². The van der Waals surface area contributed by atoms with Gasteiger partial charge in [0, 0.05) is 6.54 Å². The molecule has 1 N–H and O–H groups in total. The highest BCUT2D eigenvalue weighted by atomic mass is 16.5. The van der Waals surface area contributed by atoms with E-state index in [4.69, 9.17) is 9.72 Å². The highest BCUT2D eigenvalue weighted by Crippen LogP contribution is 2.20. The van der Waals surface area contributed by atoms with Gasteiger partial charge in [-0.25, -0.2) is 4.98 Å². The van der Waals surface area contributed by atoms with Crippen molar-refractivity contribution in [3.8, 4) is 16.9 Å². The standard InChI is InChI=1S/C32H31N3O2/c1-24-12-18-28(19-13-24)37-21-7-20-35-30-11-6-5-10-29(30)34-31(35)23-33-32(36)22-25-14-16-27(17-15-25)26-8-3-2-4-9-26/h2-6,8-19H,7,20-23H2,1H3,(H,33,36). The minimum atomic E-state index is -0.0197. The average Bonchev–Trinajstić information content (AvgIpc) is 3.29. The molecule has 0 radical (unpaired) electrons. The summed E-state index contributed by atoms with van der Waals surface area (Å²) in [6.45, 7) is 3.82. The summed E-state index contributed by atoms with van der Waals surface area (Å²) in [6.07, 6.45) is 1.17. The van der Waals surface area contributed by atoms with Gasteiger partial charge in [-0.05, 0) is 54.3 Å². The highest BCUT2D eigenvalue weighted by molar-refractivity contribution is 5.79. The van der Waals surface area contributed by atoms with Gasteiger partial charge in [-0.15, -0.1) is 0 Å². The first-order chi connectivity index (χ1) is 18.2. The van der Waals surface area contributed by atoms with Crippen LogP contribution in [0.25, 0.3) is 22.2 Å². The van der Waals surface area contributed by atoms with Crippen LogP contribution in [-0.2, 0) is 24.3 Å². The number of hydrogen-bond donors (Lipinski definition) is 1. The fourth-order valence-electron chi connectivity index (χ4n) is 4.43. The van der Waals surface area contributed by atoms with Crippen LogP contribution in [0.4, 0.5) is 0 Å². The van der Waals surface area contributed by atoms with Gasteiger partial charge in [0.25, 0.3) is 0 Å². The summed E-state index contributed by atoms with van der Waals surface area (Å²) in [5, 5.41) is 3.06. The van der Waals surface area contributed by atoms with Crippen molar-refractivity contribution in [2.24, 2.45) is 0 Å². The lowest BCUT2D eigenvalue weighted by molar-refractivity contribution is -0.120. The van der Waals surface area contributed by atoms with Crippen molar-refractivity contribution in [1.29, 1.82) is 0 Å². The summed E-state index contributed by atoms with van der Waals surface area (Å²) in [5.41, 5.74) is 6.51. The summed E-state index contributed by atoms with van der Waals surface area (Å²) < 4.78 is 8.09. The number of fused-ring (bicyclic) bond motifs is 1. The Labute approximate surface area is 217 Å². The SMILES string of the molecule is Cc1ccc(OCCCn2c(CNC(=O)Cc3ccc(-c4ccccc4)cc3)nc3ccccc32)cc1. The van der Waals surface area contributed by atoms with Crippen molar-refractivity contribution in [3.63, 3.8) is 0 Å². The maximum Gasteiger partial charge on any atom is 0.224 e. The van der Waals surface area contributed by atoms with Crippen molar-refractivity contribution in [3.05, 3.63) is 120 Å². The number of ether oxygens (including phenoxy) is 1. The Morgan fingerprint density at radius 3 is 2.32 bits per heavy atom. The van der Waals surface area contributed by atoms with E-state index < -0.39 is 0 Å². The van der Waals surface area contributed by atoms with Crippen LogP contribution in [0, 0.1) is 6.92 Å². The van der Waals surface area contributed by atoms with E-state index in [0.29, 0.717) is 19.6 Å². The molecule has 37 heavy (non-hydrogen) atoms. The number of nitrogens with one attached hydrogen (secondary N) is 1. The zero-order chi connectivity index (χ0) is 25.5. The van der Waals surface area contributed by atoms with Gasteiger partial charge in [-0.2, -0.15) is 0 Å². The summed E-state index contributed by atoms with van der Waals surface area (Å²) in [6, 6.07) is 34.6. The zero-order valence-corrected chi connectivity index (χ0v) is 21.1. The molecule has 1 heterocycles. The number of benzene rings is 4. The van der Waals surface area contributed by atoms with Crippen LogP contribution in [0.1, 0.15) is 23.4 Å². The zero-order valence-electron chi connectivity index (χ0n) is 21.1. The number of hydrogen-bond acceptors (Lipinski definition) is 3. The Balaban J connectivity index is 1.18. The summed E-state index contributed by atoms with van der Waals surface area (Å²) in [5.74, 6) is 1.71. The van der Waals surface area contributed by atoms with Crippen LogP contribution >= 0.6 is 0 Å². The molecule has 0 atom stereocenters. The van der Waals surface area contributed by atoms with Gasteiger partial charge in [0.05, 0.1) is 30.6 Å². The van der Waals surface area contributed by atoms with Crippen molar-refractivity contribution < 1.29 is 9.53 Å². The van der Waals surface area contributed by atoms with Crippen LogP contribution in [-0.4, -0.2) is 22.1 Å². The van der Waals surface area contributed by atoms with E-state index in [1.165, 1.54) is 11.1 Å². The Morgan fingerprint density at radius 2 is 1.54 bits per heavy atom. The topological polar surface area (TPSA) is 56.1 Å². The van der Waals surface area contributed by atoms with E-state index >= 15 is 0 Å². The second-order valence-corrected chi connectivity index (χ2v) is 9.20. The van der Waals surface area contributed by atoms with Gasteiger partial charge in [-0.1, -0.05) is 84.4 Å². The maximum atomic E-state index is 12.7. The number of amides is 1. The Bertz CT molecular complexity index is 1460. The highest BCUT2D eigenvalue weighted by Gasteiger charge is 2.12. The molecular weight excluding hydrogens is 458 g/mol. The second-order valence-electron chi connectivity index (χ2n) is 9.20. The van der Waals surface area contributed by atoms with Crippen LogP contribution in [0.15, 0.2) is 103 Å². The molecular formula is C32H31N3O2. The molecule has 0 aliphatic rings. The number of imidazole rings is 1. The first-order valence-corrected chi connectivity index (χ1v) is 12.7. The van der Waals surface area contributed by atoms with Crippen molar-refractivity contribution in [2.75, 3.05) is 6.61 Å².